The maximum absolute atomic E-state index is 13.4. The van der Waals surface area contributed by atoms with Gasteiger partial charge in [-0.25, -0.2) is 9.18 Å². The number of rotatable bonds is 4. The third kappa shape index (κ3) is 3.85. The van der Waals surface area contributed by atoms with Crippen molar-refractivity contribution < 1.29 is 23.8 Å². The first-order valence-electron chi connectivity index (χ1n) is 6.90. The number of esters is 1. The molecule has 2 rings (SSSR count). The maximum atomic E-state index is 13.4. The molecule has 0 aliphatic heterocycles. The SMILES string of the molecule is COC(=O)c1cccc(C(=O)N[C@@H](C)c2ccc(O)c(F)c2)c1. The van der Waals surface area contributed by atoms with Crippen LogP contribution in [0.1, 0.15) is 39.2 Å². The average Bonchev–Trinajstić information content (AvgIpc) is 2.56. The quantitative estimate of drug-likeness (QED) is 0.850. The van der Waals surface area contributed by atoms with Crippen LogP contribution in [-0.2, 0) is 4.74 Å². The van der Waals surface area contributed by atoms with E-state index in [9.17, 15) is 19.1 Å². The Morgan fingerprint density at radius 3 is 2.52 bits per heavy atom. The van der Waals surface area contributed by atoms with Gasteiger partial charge in [0, 0.05) is 5.56 Å². The molecule has 23 heavy (non-hydrogen) atoms. The number of methoxy groups -OCH3 is 1. The fourth-order valence-electron chi connectivity index (χ4n) is 2.06. The van der Waals surface area contributed by atoms with E-state index < -0.39 is 29.5 Å². The number of carbonyl (C=O) groups excluding carboxylic acids is 2. The van der Waals surface area contributed by atoms with Gasteiger partial charge >= 0.3 is 5.97 Å². The summed E-state index contributed by atoms with van der Waals surface area (Å²) in [5.41, 5.74) is 1.07. The van der Waals surface area contributed by atoms with Crippen molar-refractivity contribution in [3.05, 3.63) is 65.0 Å². The van der Waals surface area contributed by atoms with Crippen LogP contribution in [0.4, 0.5) is 4.39 Å². The highest BCUT2D eigenvalue weighted by molar-refractivity contribution is 5.98. The largest absolute Gasteiger partial charge is 0.505 e. The fourth-order valence-corrected chi connectivity index (χ4v) is 2.06. The van der Waals surface area contributed by atoms with Crippen molar-refractivity contribution in [2.75, 3.05) is 7.11 Å². The molecule has 0 fully saturated rings. The van der Waals surface area contributed by atoms with Gasteiger partial charge in [0.05, 0.1) is 18.7 Å². The molecule has 120 valence electrons. The van der Waals surface area contributed by atoms with E-state index in [0.29, 0.717) is 11.1 Å². The van der Waals surface area contributed by atoms with Gasteiger partial charge in [-0.15, -0.1) is 0 Å². The van der Waals surface area contributed by atoms with E-state index in [-0.39, 0.29) is 5.56 Å². The number of ether oxygens (including phenoxy) is 1. The molecule has 0 heterocycles. The van der Waals surface area contributed by atoms with Crippen LogP contribution in [0.5, 0.6) is 5.75 Å². The first-order chi connectivity index (χ1) is 10.9. The third-order valence-corrected chi connectivity index (χ3v) is 3.37. The van der Waals surface area contributed by atoms with E-state index in [0.717, 1.165) is 6.07 Å². The van der Waals surface area contributed by atoms with Crippen molar-refractivity contribution in [2.45, 2.75) is 13.0 Å². The lowest BCUT2D eigenvalue weighted by Crippen LogP contribution is -2.26. The minimum atomic E-state index is -0.753. The second kappa shape index (κ2) is 6.91. The van der Waals surface area contributed by atoms with Crippen LogP contribution in [0.3, 0.4) is 0 Å². The molecule has 5 nitrogen and oxygen atoms in total. The lowest BCUT2D eigenvalue weighted by Gasteiger charge is -2.15. The van der Waals surface area contributed by atoms with Crippen LogP contribution >= 0.6 is 0 Å². The highest BCUT2D eigenvalue weighted by atomic mass is 19.1. The zero-order valence-electron chi connectivity index (χ0n) is 12.7. The first kappa shape index (κ1) is 16.5. The fraction of sp³-hybridized carbons (Fsp3) is 0.176. The lowest BCUT2D eigenvalue weighted by atomic mass is 10.1. The van der Waals surface area contributed by atoms with Gasteiger partial charge in [0.2, 0.25) is 0 Å². The van der Waals surface area contributed by atoms with Crippen molar-refractivity contribution in [3.63, 3.8) is 0 Å². The molecule has 1 atom stereocenters. The van der Waals surface area contributed by atoms with Crippen LogP contribution in [0.2, 0.25) is 0 Å². The third-order valence-electron chi connectivity index (χ3n) is 3.37. The average molecular weight is 317 g/mol. The van der Waals surface area contributed by atoms with Crippen molar-refractivity contribution in [2.24, 2.45) is 0 Å². The number of halogens is 1. The molecule has 2 aromatic carbocycles. The summed E-state index contributed by atoms with van der Waals surface area (Å²) in [6, 6.07) is 9.54. The number of nitrogens with one attached hydrogen (secondary N) is 1. The van der Waals surface area contributed by atoms with Crippen LogP contribution < -0.4 is 5.32 Å². The zero-order valence-corrected chi connectivity index (χ0v) is 12.7. The van der Waals surface area contributed by atoms with Crippen LogP contribution in [0, 0.1) is 5.82 Å². The van der Waals surface area contributed by atoms with Gasteiger partial charge in [-0.3, -0.25) is 4.79 Å². The monoisotopic (exact) mass is 317 g/mol. The summed E-state index contributed by atoms with van der Waals surface area (Å²) in [6.45, 7) is 1.69. The maximum Gasteiger partial charge on any atom is 0.337 e. The van der Waals surface area contributed by atoms with Crippen molar-refractivity contribution in [3.8, 4) is 5.75 Å². The van der Waals surface area contributed by atoms with Gasteiger partial charge in [-0.1, -0.05) is 12.1 Å². The zero-order chi connectivity index (χ0) is 17.0. The number of carbonyl (C=O) groups is 2. The number of phenols is 1. The van der Waals surface area contributed by atoms with E-state index in [2.05, 4.69) is 10.1 Å². The molecular weight excluding hydrogens is 301 g/mol. The molecule has 0 saturated carbocycles. The number of benzene rings is 2. The molecule has 2 N–H and O–H groups in total. The predicted octanol–water partition coefficient (Wildman–Crippen LogP) is 2.81. The summed E-state index contributed by atoms with van der Waals surface area (Å²) in [6.07, 6.45) is 0. The van der Waals surface area contributed by atoms with Gasteiger partial charge in [0.15, 0.2) is 11.6 Å². The van der Waals surface area contributed by atoms with Crippen LogP contribution in [-0.4, -0.2) is 24.1 Å². The molecule has 1 amide bonds. The molecular formula is C17H16FNO4. The molecule has 0 bridgehead atoms. The topological polar surface area (TPSA) is 75.6 Å². The Bertz CT molecular complexity index is 745. The standard InChI is InChI=1S/C17H16FNO4/c1-10(11-6-7-15(20)14(18)9-11)19-16(21)12-4-3-5-13(8-12)17(22)23-2/h3-10,20H,1-2H3,(H,19,21)/t10-/m0/s1. The minimum absolute atomic E-state index is 0.267. The van der Waals surface area contributed by atoms with Gasteiger partial charge in [-0.05, 0) is 42.8 Å². The number of hydrogen-bond donors (Lipinski definition) is 2. The molecule has 0 radical (unpaired) electrons. The molecule has 0 unspecified atom stereocenters. The van der Waals surface area contributed by atoms with E-state index in [1.807, 2.05) is 0 Å². The van der Waals surface area contributed by atoms with E-state index in [1.54, 1.807) is 25.1 Å². The van der Waals surface area contributed by atoms with Crippen LogP contribution in [0.25, 0.3) is 0 Å². The Morgan fingerprint density at radius 2 is 1.87 bits per heavy atom. The molecule has 0 spiro atoms. The highest BCUT2D eigenvalue weighted by Crippen LogP contribution is 2.21. The van der Waals surface area contributed by atoms with E-state index in [4.69, 9.17) is 0 Å². The Labute approximate surface area is 132 Å². The second-order valence-electron chi connectivity index (χ2n) is 4.98. The molecule has 0 aromatic heterocycles. The summed E-state index contributed by atoms with van der Waals surface area (Å²) in [5.74, 6) is -2.14. The van der Waals surface area contributed by atoms with E-state index in [1.165, 1.54) is 25.3 Å². The summed E-state index contributed by atoms with van der Waals surface area (Å²) >= 11 is 0. The Balaban J connectivity index is 2.15. The molecule has 0 saturated heterocycles. The van der Waals surface area contributed by atoms with E-state index >= 15 is 0 Å². The Hall–Kier alpha value is -2.89. The summed E-state index contributed by atoms with van der Waals surface area (Å²) in [5, 5.41) is 11.9. The van der Waals surface area contributed by atoms with Crippen molar-refractivity contribution >= 4 is 11.9 Å². The van der Waals surface area contributed by atoms with Gasteiger partial charge < -0.3 is 15.2 Å². The molecule has 6 heteroatoms. The lowest BCUT2D eigenvalue weighted by molar-refractivity contribution is 0.0600. The first-order valence-corrected chi connectivity index (χ1v) is 6.90. The molecule has 0 aliphatic carbocycles. The second-order valence-corrected chi connectivity index (χ2v) is 4.98. The Morgan fingerprint density at radius 1 is 1.17 bits per heavy atom. The number of phenolic OH excluding ortho intramolecular Hbond substituents is 1. The van der Waals surface area contributed by atoms with Gasteiger partial charge in [0.25, 0.3) is 5.91 Å². The van der Waals surface area contributed by atoms with Gasteiger partial charge in [-0.2, -0.15) is 0 Å². The molecule has 2 aromatic rings. The minimum Gasteiger partial charge on any atom is -0.505 e. The van der Waals surface area contributed by atoms with Crippen molar-refractivity contribution in [1.29, 1.82) is 0 Å². The van der Waals surface area contributed by atoms with Crippen molar-refractivity contribution in [1.82, 2.24) is 5.32 Å². The van der Waals surface area contributed by atoms with Gasteiger partial charge in [0.1, 0.15) is 0 Å². The predicted molar refractivity (Wildman–Crippen MR) is 81.7 cm³/mol. The smallest absolute Gasteiger partial charge is 0.337 e. The molecule has 0 aliphatic rings. The number of aromatic hydroxyl groups is 1. The Kier molecular flexibility index (Phi) is 4.95. The summed E-state index contributed by atoms with van der Waals surface area (Å²) in [7, 11) is 1.26. The van der Waals surface area contributed by atoms with Crippen LogP contribution in [0.15, 0.2) is 42.5 Å². The summed E-state index contributed by atoms with van der Waals surface area (Å²) in [4.78, 5) is 23.7. The normalized spacial score (nSPS) is 11.6. The number of amides is 1. The summed E-state index contributed by atoms with van der Waals surface area (Å²) < 4.78 is 18.0. The number of hydrogen-bond acceptors (Lipinski definition) is 4. The highest BCUT2D eigenvalue weighted by Gasteiger charge is 2.15.